The summed E-state index contributed by atoms with van der Waals surface area (Å²) in [5, 5.41) is 0. The summed E-state index contributed by atoms with van der Waals surface area (Å²) in [5.41, 5.74) is 17.8. The average Bonchev–Trinajstić information content (AvgIpc) is 3.54. The van der Waals surface area contributed by atoms with Crippen LogP contribution in [0.15, 0.2) is 140 Å². The summed E-state index contributed by atoms with van der Waals surface area (Å²) in [6.45, 7) is 0. The number of fused-ring (bicyclic) bond motifs is 7. The maximum absolute atomic E-state index is 2.43. The highest BCUT2D eigenvalue weighted by atomic mass is 14.4. The third-order valence-electron chi connectivity index (χ3n) is 8.39. The molecule has 0 aromatic heterocycles. The van der Waals surface area contributed by atoms with Crippen molar-refractivity contribution in [2.24, 2.45) is 0 Å². The van der Waals surface area contributed by atoms with Crippen molar-refractivity contribution in [2.45, 2.75) is 12.3 Å². The van der Waals surface area contributed by atoms with Gasteiger partial charge in [-0.1, -0.05) is 133 Å². The molecule has 0 heterocycles. The summed E-state index contributed by atoms with van der Waals surface area (Å²) in [6, 6.07) is 51.5. The Morgan fingerprint density at radius 1 is 0.421 bits per heavy atom. The van der Waals surface area contributed by atoms with E-state index in [2.05, 4.69) is 140 Å². The fourth-order valence-corrected chi connectivity index (χ4v) is 6.71. The van der Waals surface area contributed by atoms with Crippen molar-refractivity contribution in [1.82, 2.24) is 0 Å². The van der Waals surface area contributed by atoms with Crippen LogP contribution in [0.25, 0.3) is 44.5 Å². The van der Waals surface area contributed by atoms with E-state index in [1.54, 1.807) is 0 Å². The molecule has 38 heavy (non-hydrogen) atoms. The molecule has 0 saturated heterocycles. The van der Waals surface area contributed by atoms with Crippen LogP contribution in [-0.2, 0) is 6.42 Å². The van der Waals surface area contributed by atoms with Gasteiger partial charge in [-0.15, -0.1) is 0 Å². The van der Waals surface area contributed by atoms with Gasteiger partial charge in [-0.3, -0.25) is 0 Å². The first-order valence-electron chi connectivity index (χ1n) is 13.4. The van der Waals surface area contributed by atoms with Gasteiger partial charge in [-0.05, 0) is 84.8 Å². The van der Waals surface area contributed by atoms with Crippen molar-refractivity contribution in [1.29, 1.82) is 0 Å². The molecule has 8 rings (SSSR count). The molecule has 6 aromatic carbocycles. The molecule has 178 valence electrons. The Bertz CT molecular complexity index is 1770. The summed E-state index contributed by atoms with van der Waals surface area (Å²) < 4.78 is 0. The monoisotopic (exact) mass is 482 g/mol. The predicted octanol–water partition coefficient (Wildman–Crippen LogP) is 9.75. The van der Waals surface area contributed by atoms with Gasteiger partial charge in [-0.2, -0.15) is 0 Å². The van der Waals surface area contributed by atoms with Crippen molar-refractivity contribution in [3.63, 3.8) is 0 Å². The molecule has 1 atom stereocenters. The van der Waals surface area contributed by atoms with Crippen molar-refractivity contribution >= 4 is 0 Å². The minimum atomic E-state index is 0.205. The molecule has 0 nitrogen and oxygen atoms in total. The third-order valence-corrected chi connectivity index (χ3v) is 8.39. The summed E-state index contributed by atoms with van der Waals surface area (Å²) in [4.78, 5) is 0. The molecule has 0 amide bonds. The maximum atomic E-state index is 2.43. The van der Waals surface area contributed by atoms with Crippen LogP contribution in [0, 0.1) is 0 Å². The fraction of sp³-hybridized carbons (Fsp3) is 0.0526. The van der Waals surface area contributed by atoms with E-state index in [0.717, 1.165) is 6.42 Å². The molecule has 0 heteroatoms. The SMILES string of the molecule is c1ccc(-c2cc(-c3ccccc3)cc(C3c4ccccc4-c4ccc5c(c43)Cc3ccccc3-5)c2)cc1. The Morgan fingerprint density at radius 2 is 1.00 bits per heavy atom. The number of hydrogen-bond donors (Lipinski definition) is 0. The summed E-state index contributed by atoms with van der Waals surface area (Å²) >= 11 is 0. The van der Waals surface area contributed by atoms with Gasteiger partial charge in [0, 0.05) is 5.92 Å². The average molecular weight is 483 g/mol. The van der Waals surface area contributed by atoms with Gasteiger partial charge < -0.3 is 0 Å². The molecular weight excluding hydrogens is 456 g/mol. The van der Waals surface area contributed by atoms with Crippen LogP contribution in [0.1, 0.15) is 33.7 Å². The standard InChI is InChI=1S/C38H26/c1-3-11-25(12-4-1)28-21-29(26-13-5-2-6-14-26)23-30(22-28)37-34-18-10-9-17-32(34)35-20-19-33-31-16-8-7-15-27(31)24-36(33)38(35)37/h1-23,37H,24H2. The van der Waals surface area contributed by atoms with Gasteiger partial charge in [0.05, 0.1) is 0 Å². The summed E-state index contributed by atoms with van der Waals surface area (Å²) in [5.74, 6) is 0.205. The first-order chi connectivity index (χ1) is 18.8. The largest absolute Gasteiger partial charge is 0.0622 e. The van der Waals surface area contributed by atoms with Crippen LogP contribution >= 0.6 is 0 Å². The molecule has 0 bridgehead atoms. The molecule has 0 aliphatic heterocycles. The highest BCUT2D eigenvalue weighted by Crippen LogP contribution is 2.54. The van der Waals surface area contributed by atoms with Crippen LogP contribution in [0.5, 0.6) is 0 Å². The van der Waals surface area contributed by atoms with Gasteiger partial charge in [0.25, 0.3) is 0 Å². The summed E-state index contributed by atoms with van der Waals surface area (Å²) in [7, 11) is 0. The number of benzene rings is 6. The normalized spacial score (nSPS) is 14.5. The van der Waals surface area contributed by atoms with Gasteiger partial charge in [0.2, 0.25) is 0 Å². The predicted molar refractivity (Wildman–Crippen MR) is 158 cm³/mol. The Labute approximate surface area is 223 Å². The molecule has 2 aliphatic carbocycles. The lowest BCUT2D eigenvalue weighted by Crippen LogP contribution is -2.04. The van der Waals surface area contributed by atoms with E-state index in [4.69, 9.17) is 0 Å². The number of rotatable bonds is 3. The highest BCUT2D eigenvalue weighted by molar-refractivity contribution is 5.89. The van der Waals surface area contributed by atoms with Gasteiger partial charge in [-0.25, -0.2) is 0 Å². The van der Waals surface area contributed by atoms with Gasteiger partial charge >= 0.3 is 0 Å². The van der Waals surface area contributed by atoms with E-state index < -0.39 is 0 Å². The zero-order chi connectivity index (χ0) is 25.1. The van der Waals surface area contributed by atoms with Crippen LogP contribution in [0.4, 0.5) is 0 Å². The van der Waals surface area contributed by atoms with E-state index in [1.807, 2.05) is 0 Å². The second-order valence-corrected chi connectivity index (χ2v) is 10.5. The molecule has 0 spiro atoms. The molecule has 0 fully saturated rings. The zero-order valence-electron chi connectivity index (χ0n) is 21.1. The van der Waals surface area contributed by atoms with E-state index in [9.17, 15) is 0 Å². The molecule has 0 radical (unpaired) electrons. The Balaban J connectivity index is 1.40. The molecule has 1 unspecified atom stereocenters. The summed E-state index contributed by atoms with van der Waals surface area (Å²) in [6.07, 6.45) is 1.00. The second kappa shape index (κ2) is 8.43. The Kier molecular flexibility index (Phi) is 4.75. The highest BCUT2D eigenvalue weighted by Gasteiger charge is 2.35. The van der Waals surface area contributed by atoms with E-state index >= 15 is 0 Å². The minimum Gasteiger partial charge on any atom is -0.0622 e. The fourth-order valence-electron chi connectivity index (χ4n) is 6.71. The second-order valence-electron chi connectivity index (χ2n) is 10.5. The molecule has 2 aliphatic rings. The lowest BCUT2D eigenvalue weighted by atomic mass is 9.83. The van der Waals surface area contributed by atoms with Crippen molar-refractivity contribution in [3.8, 4) is 44.5 Å². The quantitative estimate of drug-likeness (QED) is 0.235. The molecule has 0 N–H and O–H groups in total. The topological polar surface area (TPSA) is 0 Å². The zero-order valence-corrected chi connectivity index (χ0v) is 21.1. The maximum Gasteiger partial charge on any atom is 0.0355 e. The number of hydrogen-bond acceptors (Lipinski definition) is 0. The van der Waals surface area contributed by atoms with E-state index in [1.165, 1.54) is 72.3 Å². The third kappa shape index (κ3) is 3.24. The molecule has 6 aromatic rings. The Morgan fingerprint density at radius 3 is 1.71 bits per heavy atom. The van der Waals surface area contributed by atoms with Gasteiger partial charge in [0.1, 0.15) is 0 Å². The van der Waals surface area contributed by atoms with Crippen LogP contribution in [-0.4, -0.2) is 0 Å². The minimum absolute atomic E-state index is 0.205. The van der Waals surface area contributed by atoms with Crippen molar-refractivity contribution < 1.29 is 0 Å². The van der Waals surface area contributed by atoms with Crippen molar-refractivity contribution in [3.05, 3.63) is 167 Å². The van der Waals surface area contributed by atoms with Gasteiger partial charge in [0.15, 0.2) is 0 Å². The van der Waals surface area contributed by atoms with Crippen LogP contribution < -0.4 is 0 Å². The van der Waals surface area contributed by atoms with E-state index in [0.29, 0.717) is 0 Å². The van der Waals surface area contributed by atoms with Crippen LogP contribution in [0.3, 0.4) is 0 Å². The van der Waals surface area contributed by atoms with Crippen molar-refractivity contribution in [2.75, 3.05) is 0 Å². The Hall–Kier alpha value is -4.68. The molecule has 0 saturated carbocycles. The lowest BCUT2D eigenvalue weighted by molar-refractivity contribution is 0.991. The first-order valence-corrected chi connectivity index (χ1v) is 13.4. The van der Waals surface area contributed by atoms with Crippen LogP contribution in [0.2, 0.25) is 0 Å². The smallest absolute Gasteiger partial charge is 0.0355 e. The van der Waals surface area contributed by atoms with E-state index in [-0.39, 0.29) is 5.92 Å². The first kappa shape index (κ1) is 21.4. The lowest BCUT2D eigenvalue weighted by Gasteiger charge is -2.20. The molecular formula is C38H26.